The highest BCUT2D eigenvalue weighted by Crippen LogP contribution is 2.20. The number of nitrogens with zero attached hydrogens (tertiary/aromatic N) is 2. The summed E-state index contributed by atoms with van der Waals surface area (Å²) in [6.07, 6.45) is 3.77. The second-order valence-corrected chi connectivity index (χ2v) is 6.96. The molecule has 3 rings (SSSR count). The SMILES string of the molecule is Cl.O=C(NCC1CCCN(C(=O)c2ccc([N+](=O)[O-])cc2)C1)C1CCCN1. The van der Waals surface area contributed by atoms with Crippen molar-refractivity contribution in [1.29, 1.82) is 0 Å². The van der Waals surface area contributed by atoms with Gasteiger partial charge in [-0.15, -0.1) is 12.4 Å². The fourth-order valence-corrected chi connectivity index (χ4v) is 3.60. The Morgan fingerprint density at radius 1 is 1.22 bits per heavy atom. The maximum absolute atomic E-state index is 12.6. The van der Waals surface area contributed by atoms with Gasteiger partial charge in [-0.1, -0.05) is 0 Å². The van der Waals surface area contributed by atoms with Crippen LogP contribution in [-0.2, 0) is 4.79 Å². The molecule has 2 atom stereocenters. The molecule has 0 aromatic heterocycles. The molecule has 0 radical (unpaired) electrons. The van der Waals surface area contributed by atoms with E-state index in [1.807, 2.05) is 0 Å². The quantitative estimate of drug-likeness (QED) is 0.582. The third kappa shape index (κ3) is 5.40. The van der Waals surface area contributed by atoms with Crippen molar-refractivity contribution in [2.24, 2.45) is 5.92 Å². The van der Waals surface area contributed by atoms with Crippen LogP contribution in [0.25, 0.3) is 0 Å². The van der Waals surface area contributed by atoms with Gasteiger partial charge < -0.3 is 15.5 Å². The second-order valence-electron chi connectivity index (χ2n) is 6.96. The summed E-state index contributed by atoms with van der Waals surface area (Å²) in [5, 5.41) is 16.9. The smallest absolute Gasteiger partial charge is 0.269 e. The maximum atomic E-state index is 12.6. The van der Waals surface area contributed by atoms with Crippen molar-refractivity contribution in [2.75, 3.05) is 26.2 Å². The molecule has 0 spiro atoms. The summed E-state index contributed by atoms with van der Waals surface area (Å²) in [5.74, 6) is 0.158. The predicted molar refractivity (Wildman–Crippen MR) is 103 cm³/mol. The number of non-ortho nitro benzene ring substituents is 1. The number of piperidine rings is 1. The van der Waals surface area contributed by atoms with Crippen LogP contribution in [0.15, 0.2) is 24.3 Å². The summed E-state index contributed by atoms with van der Waals surface area (Å²) in [7, 11) is 0. The zero-order valence-electron chi connectivity index (χ0n) is 15.1. The number of amides is 2. The number of benzene rings is 1. The van der Waals surface area contributed by atoms with Gasteiger partial charge in [0, 0.05) is 37.3 Å². The Morgan fingerprint density at radius 2 is 1.96 bits per heavy atom. The molecule has 2 saturated heterocycles. The number of carbonyl (C=O) groups excluding carboxylic acids is 2. The van der Waals surface area contributed by atoms with E-state index in [4.69, 9.17) is 0 Å². The van der Waals surface area contributed by atoms with Gasteiger partial charge in [0.2, 0.25) is 5.91 Å². The van der Waals surface area contributed by atoms with E-state index in [0.29, 0.717) is 25.2 Å². The molecule has 0 aliphatic carbocycles. The van der Waals surface area contributed by atoms with Gasteiger partial charge in [0.15, 0.2) is 0 Å². The average Bonchev–Trinajstić information content (AvgIpc) is 3.21. The topological polar surface area (TPSA) is 105 Å². The first-order chi connectivity index (χ1) is 12.5. The van der Waals surface area contributed by atoms with Crippen molar-refractivity contribution in [2.45, 2.75) is 31.7 Å². The van der Waals surface area contributed by atoms with Crippen molar-refractivity contribution in [3.05, 3.63) is 39.9 Å². The molecular weight excluding hydrogens is 372 g/mol. The van der Waals surface area contributed by atoms with Crippen molar-refractivity contribution in [1.82, 2.24) is 15.5 Å². The van der Waals surface area contributed by atoms with Gasteiger partial charge in [0.1, 0.15) is 0 Å². The monoisotopic (exact) mass is 396 g/mol. The molecule has 2 heterocycles. The molecule has 1 aromatic carbocycles. The highest BCUT2D eigenvalue weighted by atomic mass is 35.5. The number of likely N-dealkylation sites (tertiary alicyclic amines) is 1. The third-order valence-corrected chi connectivity index (χ3v) is 5.07. The van der Waals surface area contributed by atoms with Crippen LogP contribution in [0, 0.1) is 16.0 Å². The Balaban J connectivity index is 0.00000261. The zero-order chi connectivity index (χ0) is 18.5. The van der Waals surface area contributed by atoms with Crippen LogP contribution < -0.4 is 10.6 Å². The fraction of sp³-hybridized carbons (Fsp3) is 0.556. The second kappa shape index (κ2) is 9.66. The summed E-state index contributed by atoms with van der Waals surface area (Å²) in [6, 6.07) is 5.61. The van der Waals surface area contributed by atoms with E-state index >= 15 is 0 Å². The van der Waals surface area contributed by atoms with E-state index in [0.717, 1.165) is 32.2 Å². The lowest BCUT2D eigenvalue weighted by atomic mass is 9.97. The maximum Gasteiger partial charge on any atom is 0.269 e. The number of rotatable bonds is 5. The van der Waals surface area contributed by atoms with Crippen LogP contribution in [0.2, 0.25) is 0 Å². The Hall–Kier alpha value is -2.19. The standard InChI is InChI=1S/C18H24N4O4.ClH/c23-17(16-4-1-9-19-16)20-11-13-3-2-10-21(12-13)18(24)14-5-7-15(8-6-14)22(25)26;/h5-8,13,16,19H,1-4,9-12H2,(H,20,23);1H. The van der Waals surface area contributed by atoms with Crippen LogP contribution >= 0.6 is 12.4 Å². The number of hydrogen-bond donors (Lipinski definition) is 2. The molecule has 2 fully saturated rings. The number of nitro benzene ring substituents is 1. The average molecular weight is 397 g/mol. The summed E-state index contributed by atoms with van der Waals surface area (Å²) in [4.78, 5) is 36.7. The first-order valence-electron chi connectivity index (χ1n) is 9.09. The van der Waals surface area contributed by atoms with E-state index in [9.17, 15) is 19.7 Å². The van der Waals surface area contributed by atoms with Crippen LogP contribution in [0.4, 0.5) is 5.69 Å². The molecule has 2 amide bonds. The van der Waals surface area contributed by atoms with E-state index in [-0.39, 0.29) is 41.9 Å². The molecule has 2 aliphatic heterocycles. The number of carbonyl (C=O) groups is 2. The van der Waals surface area contributed by atoms with Crippen LogP contribution in [0.3, 0.4) is 0 Å². The van der Waals surface area contributed by atoms with Crippen LogP contribution in [0.5, 0.6) is 0 Å². The number of hydrogen-bond acceptors (Lipinski definition) is 5. The molecular formula is C18H25ClN4O4. The number of nitro groups is 1. The minimum absolute atomic E-state index is 0. The van der Waals surface area contributed by atoms with Crippen LogP contribution in [-0.4, -0.2) is 53.9 Å². The van der Waals surface area contributed by atoms with Crippen molar-refractivity contribution in [3.8, 4) is 0 Å². The van der Waals surface area contributed by atoms with Crippen LogP contribution in [0.1, 0.15) is 36.0 Å². The first-order valence-corrected chi connectivity index (χ1v) is 9.09. The van der Waals surface area contributed by atoms with Crippen molar-refractivity contribution >= 4 is 29.9 Å². The van der Waals surface area contributed by atoms with E-state index in [1.165, 1.54) is 24.3 Å². The molecule has 8 nitrogen and oxygen atoms in total. The van der Waals surface area contributed by atoms with Gasteiger partial charge in [-0.3, -0.25) is 19.7 Å². The minimum atomic E-state index is -0.479. The lowest BCUT2D eigenvalue weighted by Crippen LogP contribution is -2.46. The van der Waals surface area contributed by atoms with Gasteiger partial charge >= 0.3 is 0 Å². The van der Waals surface area contributed by atoms with Crippen molar-refractivity contribution in [3.63, 3.8) is 0 Å². The molecule has 2 aliphatic rings. The number of nitrogens with one attached hydrogen (secondary N) is 2. The highest BCUT2D eigenvalue weighted by molar-refractivity contribution is 5.94. The minimum Gasteiger partial charge on any atom is -0.354 e. The van der Waals surface area contributed by atoms with Crippen molar-refractivity contribution < 1.29 is 14.5 Å². The summed E-state index contributed by atoms with van der Waals surface area (Å²) in [6.45, 7) is 2.72. The largest absolute Gasteiger partial charge is 0.354 e. The molecule has 9 heteroatoms. The molecule has 0 saturated carbocycles. The normalized spacial score (nSPS) is 22.0. The first kappa shape index (κ1) is 21.1. The fourth-order valence-electron chi connectivity index (χ4n) is 3.60. The highest BCUT2D eigenvalue weighted by Gasteiger charge is 2.27. The summed E-state index contributed by atoms with van der Waals surface area (Å²) >= 11 is 0. The van der Waals surface area contributed by atoms with Gasteiger partial charge in [-0.05, 0) is 50.3 Å². The van der Waals surface area contributed by atoms with E-state index in [1.54, 1.807) is 4.90 Å². The lowest BCUT2D eigenvalue weighted by Gasteiger charge is -2.33. The Kier molecular flexibility index (Phi) is 7.55. The van der Waals surface area contributed by atoms with E-state index in [2.05, 4.69) is 10.6 Å². The van der Waals surface area contributed by atoms with Gasteiger partial charge in [0.05, 0.1) is 11.0 Å². The van der Waals surface area contributed by atoms with Gasteiger partial charge in [0.25, 0.3) is 11.6 Å². The molecule has 148 valence electrons. The Labute approximate surface area is 164 Å². The summed E-state index contributed by atoms with van der Waals surface area (Å²) < 4.78 is 0. The van der Waals surface area contributed by atoms with Gasteiger partial charge in [-0.2, -0.15) is 0 Å². The Morgan fingerprint density at radius 3 is 2.59 bits per heavy atom. The molecule has 0 bridgehead atoms. The number of halogens is 1. The van der Waals surface area contributed by atoms with E-state index < -0.39 is 4.92 Å². The lowest BCUT2D eigenvalue weighted by molar-refractivity contribution is -0.384. The predicted octanol–water partition coefficient (Wildman–Crippen LogP) is 1.74. The molecule has 2 unspecified atom stereocenters. The zero-order valence-corrected chi connectivity index (χ0v) is 15.9. The Bertz CT molecular complexity index is 676. The molecule has 27 heavy (non-hydrogen) atoms. The molecule has 2 N–H and O–H groups in total. The van der Waals surface area contributed by atoms with Gasteiger partial charge in [-0.25, -0.2) is 0 Å². The summed E-state index contributed by atoms with van der Waals surface area (Å²) in [5.41, 5.74) is 0.428. The third-order valence-electron chi connectivity index (χ3n) is 5.07. The molecule has 1 aromatic rings.